The molecule has 0 saturated carbocycles. The number of rotatable bonds is 8. The molecule has 3 rings (SSSR count). The number of hydrogen-bond acceptors (Lipinski definition) is 4. The lowest BCUT2D eigenvalue weighted by molar-refractivity contribution is 0.0773. The van der Waals surface area contributed by atoms with Crippen LogP contribution in [0.2, 0.25) is 0 Å². The quantitative estimate of drug-likeness (QED) is 0.773. The molecule has 146 valence electrons. The highest BCUT2D eigenvalue weighted by atomic mass is 16.5. The van der Waals surface area contributed by atoms with Gasteiger partial charge >= 0.3 is 6.03 Å². The van der Waals surface area contributed by atoms with Gasteiger partial charge in [-0.1, -0.05) is 18.2 Å². The van der Waals surface area contributed by atoms with Gasteiger partial charge in [-0.2, -0.15) is 5.10 Å². The first-order chi connectivity index (χ1) is 13.1. The summed E-state index contributed by atoms with van der Waals surface area (Å²) in [5, 5.41) is 7.22. The fourth-order valence-corrected chi connectivity index (χ4v) is 3.10. The van der Waals surface area contributed by atoms with E-state index in [1.807, 2.05) is 44.3 Å². The lowest BCUT2D eigenvalue weighted by atomic mass is 10.2. The van der Waals surface area contributed by atoms with E-state index in [0.29, 0.717) is 26.2 Å². The van der Waals surface area contributed by atoms with E-state index < -0.39 is 0 Å². The number of carbonyl (C=O) groups is 1. The molecule has 7 nitrogen and oxygen atoms in total. The number of para-hydroxylation sites is 1. The van der Waals surface area contributed by atoms with Gasteiger partial charge in [0.05, 0.1) is 18.8 Å². The van der Waals surface area contributed by atoms with Crippen molar-refractivity contribution in [2.45, 2.75) is 32.4 Å². The van der Waals surface area contributed by atoms with Gasteiger partial charge in [-0.15, -0.1) is 0 Å². The number of aromatic nitrogens is 2. The SMILES string of the molecule is Cc1c(CNC(=O)N(CCOc2ccccc2)CC2CCCO2)cnn1C. The van der Waals surface area contributed by atoms with Crippen molar-refractivity contribution in [2.75, 3.05) is 26.3 Å². The van der Waals surface area contributed by atoms with Gasteiger partial charge in [-0.3, -0.25) is 4.68 Å². The Hall–Kier alpha value is -2.54. The first-order valence-corrected chi connectivity index (χ1v) is 9.43. The predicted molar refractivity (Wildman–Crippen MR) is 103 cm³/mol. The van der Waals surface area contributed by atoms with Gasteiger partial charge in [0.2, 0.25) is 0 Å². The van der Waals surface area contributed by atoms with Crippen LogP contribution in [0.1, 0.15) is 24.1 Å². The molecule has 1 N–H and O–H groups in total. The summed E-state index contributed by atoms with van der Waals surface area (Å²) in [6, 6.07) is 9.53. The number of nitrogens with zero attached hydrogens (tertiary/aromatic N) is 3. The van der Waals surface area contributed by atoms with Crippen molar-refractivity contribution in [2.24, 2.45) is 7.05 Å². The van der Waals surface area contributed by atoms with Gasteiger partial charge in [0.25, 0.3) is 0 Å². The van der Waals surface area contributed by atoms with Crippen molar-refractivity contribution >= 4 is 6.03 Å². The number of carbonyl (C=O) groups excluding carboxylic acids is 1. The van der Waals surface area contributed by atoms with Crippen LogP contribution in [0, 0.1) is 6.92 Å². The molecule has 1 aromatic heterocycles. The monoisotopic (exact) mass is 372 g/mol. The van der Waals surface area contributed by atoms with Crippen LogP contribution in [-0.2, 0) is 18.3 Å². The molecule has 0 aliphatic carbocycles. The van der Waals surface area contributed by atoms with Crippen LogP contribution in [0.5, 0.6) is 5.75 Å². The molecular weight excluding hydrogens is 344 g/mol. The minimum absolute atomic E-state index is 0.104. The molecular formula is C20H28N4O3. The Labute approximate surface area is 160 Å². The Morgan fingerprint density at radius 2 is 2.22 bits per heavy atom. The summed E-state index contributed by atoms with van der Waals surface area (Å²) in [6.45, 7) is 4.75. The maximum atomic E-state index is 12.7. The maximum Gasteiger partial charge on any atom is 0.317 e. The first kappa shape index (κ1) is 19.2. The van der Waals surface area contributed by atoms with Gasteiger partial charge in [0.15, 0.2) is 0 Å². The molecule has 2 amide bonds. The number of hydrogen-bond donors (Lipinski definition) is 1. The Bertz CT molecular complexity index is 726. The van der Waals surface area contributed by atoms with Crippen LogP contribution >= 0.6 is 0 Å². The summed E-state index contributed by atoms with van der Waals surface area (Å²) in [5.74, 6) is 0.806. The molecule has 1 aliphatic rings. The number of aryl methyl sites for hydroxylation is 1. The average molecular weight is 372 g/mol. The van der Waals surface area contributed by atoms with E-state index in [2.05, 4.69) is 10.4 Å². The second kappa shape index (κ2) is 9.41. The molecule has 0 radical (unpaired) electrons. The maximum absolute atomic E-state index is 12.7. The highest BCUT2D eigenvalue weighted by molar-refractivity contribution is 5.74. The zero-order chi connectivity index (χ0) is 19.1. The van der Waals surface area contributed by atoms with Gasteiger partial charge in [0.1, 0.15) is 12.4 Å². The van der Waals surface area contributed by atoms with Crippen molar-refractivity contribution in [3.63, 3.8) is 0 Å². The summed E-state index contributed by atoms with van der Waals surface area (Å²) < 4.78 is 13.3. The van der Waals surface area contributed by atoms with Crippen LogP contribution < -0.4 is 10.1 Å². The normalized spacial score (nSPS) is 16.3. The third-order valence-corrected chi connectivity index (χ3v) is 4.88. The lowest BCUT2D eigenvalue weighted by Gasteiger charge is -2.25. The van der Waals surface area contributed by atoms with Gasteiger partial charge in [-0.05, 0) is 31.9 Å². The summed E-state index contributed by atoms with van der Waals surface area (Å²) in [4.78, 5) is 14.5. The molecule has 1 unspecified atom stereocenters. The topological polar surface area (TPSA) is 68.6 Å². The predicted octanol–water partition coefficient (Wildman–Crippen LogP) is 2.50. The second-order valence-electron chi connectivity index (χ2n) is 6.78. The van der Waals surface area contributed by atoms with E-state index >= 15 is 0 Å². The molecule has 2 aromatic rings. The summed E-state index contributed by atoms with van der Waals surface area (Å²) in [5.41, 5.74) is 2.07. The Morgan fingerprint density at radius 3 is 2.89 bits per heavy atom. The fraction of sp³-hybridized carbons (Fsp3) is 0.500. The molecule has 27 heavy (non-hydrogen) atoms. The molecule has 1 fully saturated rings. The van der Waals surface area contributed by atoms with E-state index in [-0.39, 0.29) is 12.1 Å². The molecule has 1 atom stereocenters. The van der Waals surface area contributed by atoms with Crippen molar-refractivity contribution in [3.05, 3.63) is 47.8 Å². The van der Waals surface area contributed by atoms with Crippen LogP contribution in [0.4, 0.5) is 4.79 Å². The van der Waals surface area contributed by atoms with E-state index in [1.54, 1.807) is 15.8 Å². The van der Waals surface area contributed by atoms with Crippen molar-refractivity contribution in [1.29, 1.82) is 0 Å². The van der Waals surface area contributed by atoms with Crippen molar-refractivity contribution in [1.82, 2.24) is 20.0 Å². The molecule has 2 heterocycles. The summed E-state index contributed by atoms with van der Waals surface area (Å²) >= 11 is 0. The fourth-order valence-electron chi connectivity index (χ4n) is 3.10. The van der Waals surface area contributed by atoms with Crippen LogP contribution in [-0.4, -0.2) is 53.1 Å². The zero-order valence-corrected chi connectivity index (χ0v) is 16.1. The van der Waals surface area contributed by atoms with Crippen LogP contribution in [0.25, 0.3) is 0 Å². The molecule has 7 heteroatoms. The number of ether oxygens (including phenoxy) is 2. The molecule has 0 spiro atoms. The third kappa shape index (κ3) is 5.47. The van der Waals surface area contributed by atoms with Gasteiger partial charge in [0, 0.05) is 38.0 Å². The lowest BCUT2D eigenvalue weighted by Crippen LogP contribution is -2.45. The minimum Gasteiger partial charge on any atom is -0.492 e. The standard InChI is InChI=1S/C20H28N4O3/c1-16-17(14-22-23(16)2)13-21-20(25)24(15-19-9-6-11-26-19)10-12-27-18-7-4-3-5-8-18/h3-5,7-8,14,19H,6,9-13,15H2,1-2H3,(H,21,25). The second-order valence-corrected chi connectivity index (χ2v) is 6.78. The van der Waals surface area contributed by atoms with Crippen molar-refractivity contribution < 1.29 is 14.3 Å². The van der Waals surface area contributed by atoms with Crippen LogP contribution in [0.15, 0.2) is 36.5 Å². The third-order valence-electron chi connectivity index (χ3n) is 4.88. The van der Waals surface area contributed by atoms with Gasteiger partial charge in [-0.25, -0.2) is 4.79 Å². The highest BCUT2D eigenvalue weighted by Crippen LogP contribution is 2.14. The Balaban J connectivity index is 1.54. The van der Waals surface area contributed by atoms with Crippen molar-refractivity contribution in [3.8, 4) is 5.75 Å². The molecule has 1 saturated heterocycles. The number of benzene rings is 1. The Kier molecular flexibility index (Phi) is 6.70. The number of urea groups is 1. The minimum atomic E-state index is -0.106. The zero-order valence-electron chi connectivity index (χ0n) is 16.1. The smallest absolute Gasteiger partial charge is 0.317 e. The largest absolute Gasteiger partial charge is 0.492 e. The molecule has 1 aliphatic heterocycles. The van der Waals surface area contributed by atoms with Crippen LogP contribution in [0.3, 0.4) is 0 Å². The Morgan fingerprint density at radius 1 is 1.41 bits per heavy atom. The first-order valence-electron chi connectivity index (χ1n) is 9.43. The van der Waals surface area contributed by atoms with E-state index in [4.69, 9.17) is 9.47 Å². The summed E-state index contributed by atoms with van der Waals surface area (Å²) in [7, 11) is 1.89. The highest BCUT2D eigenvalue weighted by Gasteiger charge is 2.22. The van der Waals surface area contributed by atoms with E-state index in [9.17, 15) is 4.79 Å². The average Bonchev–Trinajstić information content (AvgIpc) is 3.31. The van der Waals surface area contributed by atoms with E-state index in [1.165, 1.54) is 0 Å². The van der Waals surface area contributed by atoms with Gasteiger partial charge < -0.3 is 19.7 Å². The van der Waals surface area contributed by atoms with E-state index in [0.717, 1.165) is 36.5 Å². The summed E-state index contributed by atoms with van der Waals surface area (Å²) in [6.07, 6.45) is 3.94. The molecule has 0 bridgehead atoms. The number of nitrogens with one attached hydrogen (secondary N) is 1. The molecule has 1 aromatic carbocycles. The number of amides is 2.